The van der Waals surface area contributed by atoms with Crippen molar-refractivity contribution in [1.29, 1.82) is 0 Å². The fourth-order valence-corrected chi connectivity index (χ4v) is 10.1. The van der Waals surface area contributed by atoms with Crippen LogP contribution in [0.5, 0.6) is 11.8 Å². The number of halogens is 1. The van der Waals surface area contributed by atoms with Crippen molar-refractivity contribution in [3.63, 3.8) is 0 Å². The molecule has 2 unspecified atom stereocenters. The van der Waals surface area contributed by atoms with Gasteiger partial charge < -0.3 is 19.0 Å². The number of aromatic nitrogens is 6. The number of nitrogens with one attached hydrogen (secondary N) is 3. The number of aliphatic imine (C=N–C) groups is 2. The lowest BCUT2D eigenvalue weighted by atomic mass is 9.94. The van der Waals surface area contributed by atoms with Crippen molar-refractivity contribution in [3.8, 4) is 17.4 Å². The Morgan fingerprint density at radius 2 is 1.29 bits per heavy atom. The van der Waals surface area contributed by atoms with Gasteiger partial charge in [0.25, 0.3) is 0 Å². The number of sulfone groups is 2. The summed E-state index contributed by atoms with van der Waals surface area (Å²) in [6, 6.07) is 7.24. The molecule has 0 bridgehead atoms. The van der Waals surface area contributed by atoms with Crippen molar-refractivity contribution in [2.24, 2.45) is 21.8 Å². The molecular weight excluding hydrogens is 857 g/mol. The number of aromatic amines is 1. The minimum atomic E-state index is -2.90. The van der Waals surface area contributed by atoms with Gasteiger partial charge in [0, 0.05) is 18.1 Å². The van der Waals surface area contributed by atoms with Crippen molar-refractivity contribution < 1.29 is 36.0 Å². The third-order valence-corrected chi connectivity index (χ3v) is 13.9. The van der Waals surface area contributed by atoms with Crippen LogP contribution in [-0.2, 0) is 29.3 Å². The van der Waals surface area contributed by atoms with Gasteiger partial charge in [-0.1, -0.05) is 7.43 Å². The standard InChI is InChI=1S/C18H23N5O4S.C14H18BrN3O4S.C4H6N2.CH4/c1-12-9-23(11-19-12)16-4-3-14(21-18(16)26-2)17-20-15(10-27-22-17)13-5-7-28(24,25)8-6-13;1-21-14-10(15)2-3-11(17-14)13-16-12(8-22-18-13)9-4-6-23(19,20)7-5-9;1-4-2-5-3-6-4;/h3-4,9,11,13,15H,5-8,10H2,1-2H3,(H,20,22);2-3,9,12H,4-8H2,1H3,(H,16,18);2-3H,1H3,(H,5,6);1H4. The monoisotopic (exact) mass is 906 g/mol. The van der Waals surface area contributed by atoms with Gasteiger partial charge in [0.1, 0.15) is 36.7 Å². The molecule has 21 heteroatoms. The van der Waals surface area contributed by atoms with E-state index in [0.717, 1.165) is 21.5 Å². The minimum absolute atomic E-state index is 0. The van der Waals surface area contributed by atoms with Crippen molar-refractivity contribution >= 4 is 47.3 Å². The van der Waals surface area contributed by atoms with E-state index in [1.165, 1.54) is 0 Å². The van der Waals surface area contributed by atoms with E-state index in [1.54, 1.807) is 33.1 Å². The molecule has 3 N–H and O–H groups in total. The lowest BCUT2D eigenvalue weighted by Crippen LogP contribution is -2.41. The van der Waals surface area contributed by atoms with Gasteiger partial charge in [0.15, 0.2) is 11.7 Å². The third-order valence-electron chi connectivity index (χ3n) is 9.87. The van der Waals surface area contributed by atoms with Crippen LogP contribution in [0.1, 0.15) is 55.9 Å². The number of hydrogen-bond acceptors (Lipinski definition) is 16. The minimum Gasteiger partial charge on any atom is -0.480 e. The van der Waals surface area contributed by atoms with Gasteiger partial charge in [-0.25, -0.2) is 47.7 Å². The Labute approximate surface area is 347 Å². The SMILES string of the molecule is C.COc1nc(C2=NC(C3CCS(=O)(=O)CC3)CON2)ccc1-n1cnc(C)c1.COc1nc(C2=NC(C3CCS(=O)(=O)CC3)CON2)ccc1Br.Cc1cnc[nH]1. The Bertz CT molecular complexity index is 2240. The van der Waals surface area contributed by atoms with Crippen LogP contribution in [0.4, 0.5) is 0 Å². The topological polar surface area (TPSA) is 226 Å². The Hall–Kier alpha value is -4.44. The Morgan fingerprint density at radius 3 is 1.72 bits per heavy atom. The first-order valence-corrected chi connectivity index (χ1v) is 22.8. The number of rotatable bonds is 7. The molecule has 8 rings (SSSR count). The number of hydroxylamine groups is 2. The van der Waals surface area contributed by atoms with Crippen LogP contribution in [0.15, 0.2) is 63.8 Å². The van der Waals surface area contributed by atoms with Gasteiger partial charge in [-0.3, -0.25) is 19.7 Å². The predicted molar refractivity (Wildman–Crippen MR) is 223 cm³/mol. The van der Waals surface area contributed by atoms with Gasteiger partial charge in [-0.2, -0.15) is 0 Å². The number of ether oxygens (including phenoxy) is 2. The van der Waals surface area contributed by atoms with Gasteiger partial charge in [0.2, 0.25) is 11.8 Å². The molecule has 2 atom stereocenters. The second-order valence-electron chi connectivity index (χ2n) is 14.0. The smallest absolute Gasteiger partial charge is 0.238 e. The fourth-order valence-electron chi connectivity index (χ4n) is 6.64. The summed E-state index contributed by atoms with van der Waals surface area (Å²) < 4.78 is 59.7. The Balaban J connectivity index is 0.000000193. The van der Waals surface area contributed by atoms with Crippen molar-refractivity contribution in [1.82, 2.24) is 40.4 Å². The molecule has 0 spiro atoms. The van der Waals surface area contributed by atoms with E-state index < -0.39 is 19.7 Å². The summed E-state index contributed by atoms with van der Waals surface area (Å²) in [5.41, 5.74) is 9.63. The van der Waals surface area contributed by atoms with Gasteiger partial charge in [-0.05, 0) is 91.6 Å². The molecule has 0 aromatic carbocycles. The highest BCUT2D eigenvalue weighted by Crippen LogP contribution is 2.29. The fraction of sp³-hybridized carbons (Fsp3) is 0.514. The molecule has 0 radical (unpaired) electrons. The third kappa shape index (κ3) is 11.8. The number of hydrogen-bond donors (Lipinski definition) is 3. The van der Waals surface area contributed by atoms with Gasteiger partial charge >= 0.3 is 0 Å². The van der Waals surface area contributed by atoms with E-state index >= 15 is 0 Å². The molecule has 4 aromatic heterocycles. The summed E-state index contributed by atoms with van der Waals surface area (Å²) >= 11 is 3.36. The first kappa shape index (κ1) is 44.7. The normalized spacial score (nSPS) is 21.5. The summed E-state index contributed by atoms with van der Waals surface area (Å²) in [6.45, 7) is 4.73. The lowest BCUT2D eigenvalue weighted by Gasteiger charge is -2.30. The average Bonchev–Trinajstić information content (AvgIpc) is 3.89. The maximum atomic E-state index is 11.7. The number of nitrogens with zero attached hydrogens (tertiary/aromatic N) is 7. The van der Waals surface area contributed by atoms with Gasteiger partial charge in [0.05, 0.1) is 85.3 Å². The average molecular weight is 908 g/mol. The van der Waals surface area contributed by atoms with Crippen LogP contribution in [-0.4, -0.2) is 121 Å². The highest BCUT2D eigenvalue weighted by molar-refractivity contribution is 9.10. The van der Waals surface area contributed by atoms with E-state index in [4.69, 9.17) is 24.1 Å². The first-order valence-electron chi connectivity index (χ1n) is 18.4. The summed E-state index contributed by atoms with van der Waals surface area (Å²) in [5.74, 6) is 3.30. The van der Waals surface area contributed by atoms with E-state index in [-0.39, 0.29) is 54.4 Å². The zero-order valence-corrected chi connectivity index (χ0v) is 35.3. The molecule has 4 aliphatic heterocycles. The lowest BCUT2D eigenvalue weighted by molar-refractivity contribution is 0.0479. The molecule has 58 heavy (non-hydrogen) atoms. The van der Waals surface area contributed by atoms with Crippen LogP contribution in [0.2, 0.25) is 0 Å². The molecular formula is C37H51BrN10O8S2. The highest BCUT2D eigenvalue weighted by atomic mass is 79.9. The van der Waals surface area contributed by atoms with Crippen molar-refractivity contribution in [2.45, 2.75) is 59.0 Å². The molecule has 8 heterocycles. The van der Waals surface area contributed by atoms with Crippen LogP contribution >= 0.6 is 15.9 Å². The van der Waals surface area contributed by atoms with Gasteiger partial charge in [-0.15, -0.1) is 0 Å². The summed E-state index contributed by atoms with van der Waals surface area (Å²) in [5, 5.41) is 0. The Morgan fingerprint density at radius 1 is 0.776 bits per heavy atom. The number of aryl methyl sites for hydroxylation is 2. The van der Waals surface area contributed by atoms with Crippen LogP contribution in [0, 0.1) is 25.7 Å². The first-order chi connectivity index (χ1) is 27.3. The number of methoxy groups -OCH3 is 2. The summed E-state index contributed by atoms with van der Waals surface area (Å²) in [7, 11) is -2.66. The summed E-state index contributed by atoms with van der Waals surface area (Å²) in [6.07, 6.45) is 9.53. The molecule has 2 fully saturated rings. The number of pyridine rings is 2. The molecule has 316 valence electrons. The zero-order chi connectivity index (χ0) is 40.6. The van der Waals surface area contributed by atoms with Crippen molar-refractivity contribution in [2.75, 3.05) is 50.4 Å². The molecule has 0 saturated carbocycles. The second kappa shape index (κ2) is 20.0. The van der Waals surface area contributed by atoms with Crippen LogP contribution in [0.25, 0.3) is 5.69 Å². The van der Waals surface area contributed by atoms with E-state index in [1.807, 2.05) is 48.9 Å². The van der Waals surface area contributed by atoms with Crippen molar-refractivity contribution in [3.05, 3.63) is 76.6 Å². The Kier molecular flexibility index (Phi) is 15.4. The molecule has 0 aliphatic carbocycles. The van der Waals surface area contributed by atoms with E-state index in [9.17, 15) is 16.8 Å². The molecule has 4 aliphatic rings. The maximum Gasteiger partial charge on any atom is 0.238 e. The summed E-state index contributed by atoms with van der Waals surface area (Å²) in [4.78, 5) is 40.2. The second-order valence-corrected chi connectivity index (χ2v) is 19.4. The molecule has 18 nitrogen and oxygen atoms in total. The number of imidazole rings is 2. The molecule has 4 aromatic rings. The van der Waals surface area contributed by atoms with E-state index in [0.29, 0.717) is 73.7 Å². The van der Waals surface area contributed by atoms with Crippen LogP contribution < -0.4 is 20.4 Å². The number of H-pyrrole nitrogens is 1. The van der Waals surface area contributed by atoms with Crippen LogP contribution in [0.3, 0.4) is 0 Å². The van der Waals surface area contributed by atoms with E-state index in [2.05, 4.69) is 56.8 Å². The maximum absolute atomic E-state index is 11.7. The largest absolute Gasteiger partial charge is 0.480 e. The zero-order valence-electron chi connectivity index (χ0n) is 32.1. The quantitative estimate of drug-likeness (QED) is 0.240. The molecule has 2 saturated heterocycles. The predicted octanol–water partition coefficient (Wildman–Crippen LogP) is 3.74. The molecule has 0 amide bonds. The number of amidine groups is 2. The highest BCUT2D eigenvalue weighted by Gasteiger charge is 2.33.